The number of nitrogens with one attached hydrogen (secondary N) is 1. The van der Waals surface area contributed by atoms with Gasteiger partial charge in [0.2, 0.25) is 0 Å². The van der Waals surface area contributed by atoms with Crippen molar-refractivity contribution < 1.29 is 18.6 Å². The van der Waals surface area contributed by atoms with Crippen LogP contribution >= 0.6 is 0 Å². The molecule has 1 rings (SSSR count). The summed E-state index contributed by atoms with van der Waals surface area (Å²) in [6.07, 6.45) is 1.59. The molecule has 0 aliphatic carbocycles. The first-order valence-corrected chi connectivity index (χ1v) is 7.49. The van der Waals surface area contributed by atoms with Crippen LogP contribution in [0.3, 0.4) is 0 Å². The minimum absolute atomic E-state index is 0.114. The van der Waals surface area contributed by atoms with E-state index < -0.39 is 15.7 Å². The summed E-state index contributed by atoms with van der Waals surface area (Å²) in [5, 5.41) is 13.9. The molecule has 0 heterocycles. The second-order valence-corrected chi connectivity index (χ2v) is 5.97. The first kappa shape index (κ1) is 16.2. The van der Waals surface area contributed by atoms with Crippen molar-refractivity contribution in [2.45, 2.75) is 12.2 Å². The molecule has 0 aliphatic heterocycles. The molecule has 7 nitrogen and oxygen atoms in total. The maximum absolute atomic E-state index is 11.3. The number of rotatable bonds is 7. The summed E-state index contributed by atoms with van der Waals surface area (Å²) in [5.74, 6) is 0.683. The van der Waals surface area contributed by atoms with Crippen LogP contribution in [-0.2, 0) is 10.8 Å². The van der Waals surface area contributed by atoms with E-state index in [-0.39, 0.29) is 16.7 Å². The van der Waals surface area contributed by atoms with Crippen LogP contribution in [0.15, 0.2) is 12.1 Å². The highest BCUT2D eigenvalue weighted by Crippen LogP contribution is 2.37. The summed E-state index contributed by atoms with van der Waals surface area (Å²) in [6, 6.07) is 2.80. The number of benzene rings is 1. The smallest absolute Gasteiger partial charge is 0.296 e. The molecule has 20 heavy (non-hydrogen) atoms. The van der Waals surface area contributed by atoms with E-state index in [1.807, 2.05) is 0 Å². The quantitative estimate of drug-likeness (QED) is 0.610. The summed E-state index contributed by atoms with van der Waals surface area (Å²) in [4.78, 5) is 10.6. The fourth-order valence-corrected chi connectivity index (χ4v) is 1.85. The third-order valence-electron chi connectivity index (χ3n) is 2.85. The SMILES string of the molecule is COc1cc(NCC(C)S(C)=O)c([N+](=O)[O-])cc1OC. The van der Waals surface area contributed by atoms with E-state index in [0.717, 1.165) is 0 Å². The molecule has 0 saturated heterocycles. The van der Waals surface area contributed by atoms with Gasteiger partial charge in [-0.25, -0.2) is 0 Å². The van der Waals surface area contributed by atoms with Crippen molar-refractivity contribution in [3.8, 4) is 11.5 Å². The van der Waals surface area contributed by atoms with Crippen molar-refractivity contribution in [2.24, 2.45) is 0 Å². The molecule has 0 aromatic heterocycles. The van der Waals surface area contributed by atoms with Crippen molar-refractivity contribution in [3.05, 3.63) is 22.2 Å². The van der Waals surface area contributed by atoms with Crippen LogP contribution in [-0.4, -0.2) is 41.4 Å². The zero-order valence-electron chi connectivity index (χ0n) is 11.8. The van der Waals surface area contributed by atoms with E-state index in [1.165, 1.54) is 26.4 Å². The molecule has 1 N–H and O–H groups in total. The lowest BCUT2D eigenvalue weighted by Gasteiger charge is -2.14. The van der Waals surface area contributed by atoms with Gasteiger partial charge in [-0.15, -0.1) is 0 Å². The molecular formula is C12H18N2O5S. The van der Waals surface area contributed by atoms with E-state index >= 15 is 0 Å². The molecule has 112 valence electrons. The maximum Gasteiger partial charge on any atom is 0.296 e. The summed E-state index contributed by atoms with van der Waals surface area (Å²) in [6.45, 7) is 2.16. The van der Waals surface area contributed by atoms with Crippen LogP contribution in [0.5, 0.6) is 11.5 Å². The molecule has 0 fully saturated rings. The van der Waals surface area contributed by atoms with Gasteiger partial charge in [-0.2, -0.15) is 0 Å². The number of nitrogens with zero attached hydrogens (tertiary/aromatic N) is 1. The van der Waals surface area contributed by atoms with Crippen LogP contribution in [0.2, 0.25) is 0 Å². The Morgan fingerprint density at radius 3 is 2.35 bits per heavy atom. The highest BCUT2D eigenvalue weighted by molar-refractivity contribution is 7.84. The molecule has 2 unspecified atom stereocenters. The predicted octanol–water partition coefficient (Wildman–Crippen LogP) is 1.79. The van der Waals surface area contributed by atoms with Gasteiger partial charge in [-0.05, 0) is 6.92 Å². The van der Waals surface area contributed by atoms with Gasteiger partial charge in [0.15, 0.2) is 11.5 Å². The Bertz CT molecular complexity index is 521. The van der Waals surface area contributed by atoms with E-state index in [1.54, 1.807) is 13.2 Å². The maximum atomic E-state index is 11.3. The monoisotopic (exact) mass is 302 g/mol. The standard InChI is InChI=1S/C12H18N2O5S/c1-8(20(4)17)7-13-9-5-11(18-2)12(19-3)6-10(9)14(15)16/h5-6,8,13H,7H2,1-4H3. The minimum atomic E-state index is -1.00. The van der Waals surface area contributed by atoms with Gasteiger partial charge in [0.1, 0.15) is 5.69 Å². The normalized spacial score (nSPS) is 13.4. The molecule has 8 heteroatoms. The van der Waals surface area contributed by atoms with Crippen molar-refractivity contribution in [1.82, 2.24) is 0 Å². The lowest BCUT2D eigenvalue weighted by molar-refractivity contribution is -0.384. The third kappa shape index (κ3) is 3.83. The van der Waals surface area contributed by atoms with E-state index in [9.17, 15) is 14.3 Å². The van der Waals surface area contributed by atoms with Gasteiger partial charge in [-0.1, -0.05) is 0 Å². The summed E-state index contributed by atoms with van der Waals surface area (Å²) in [7, 11) is 1.87. The number of ether oxygens (including phenoxy) is 2. The van der Waals surface area contributed by atoms with Crippen molar-refractivity contribution in [3.63, 3.8) is 0 Å². The molecule has 0 radical (unpaired) electrons. The van der Waals surface area contributed by atoms with Gasteiger partial charge in [0, 0.05) is 34.9 Å². The van der Waals surface area contributed by atoms with E-state index in [4.69, 9.17) is 9.47 Å². The van der Waals surface area contributed by atoms with Gasteiger partial charge >= 0.3 is 0 Å². The number of nitro benzene ring substituents is 1. The van der Waals surface area contributed by atoms with Gasteiger partial charge in [0.05, 0.1) is 25.2 Å². The Morgan fingerprint density at radius 1 is 1.35 bits per heavy atom. The highest BCUT2D eigenvalue weighted by Gasteiger charge is 2.20. The zero-order valence-corrected chi connectivity index (χ0v) is 12.7. The summed E-state index contributed by atoms with van der Waals surface area (Å²) in [5.41, 5.74) is 0.196. The number of methoxy groups -OCH3 is 2. The van der Waals surface area contributed by atoms with Crippen LogP contribution in [0.4, 0.5) is 11.4 Å². The first-order chi connectivity index (χ1) is 9.40. The molecular weight excluding hydrogens is 284 g/mol. The molecule has 0 spiro atoms. The molecule has 1 aromatic carbocycles. The third-order valence-corrected chi connectivity index (χ3v) is 4.15. The number of nitro groups is 1. The van der Waals surface area contributed by atoms with Crippen molar-refractivity contribution in [2.75, 3.05) is 32.3 Å². The second-order valence-electron chi connectivity index (χ2n) is 4.17. The fourth-order valence-electron chi connectivity index (χ4n) is 1.53. The van der Waals surface area contributed by atoms with Gasteiger partial charge < -0.3 is 14.8 Å². The predicted molar refractivity (Wildman–Crippen MR) is 78.2 cm³/mol. The van der Waals surface area contributed by atoms with Crippen LogP contribution in [0.1, 0.15) is 6.92 Å². The van der Waals surface area contributed by atoms with Crippen molar-refractivity contribution >= 4 is 22.2 Å². The lowest BCUT2D eigenvalue weighted by Crippen LogP contribution is -2.21. The topological polar surface area (TPSA) is 90.7 Å². The Kier molecular flexibility index (Phi) is 5.75. The Morgan fingerprint density at radius 2 is 1.90 bits per heavy atom. The molecule has 0 amide bonds. The largest absolute Gasteiger partial charge is 0.493 e. The average molecular weight is 302 g/mol. The number of hydrogen-bond donors (Lipinski definition) is 1. The average Bonchev–Trinajstić information content (AvgIpc) is 2.43. The molecule has 0 bridgehead atoms. The van der Waals surface area contributed by atoms with E-state index in [0.29, 0.717) is 18.0 Å². The molecule has 2 atom stereocenters. The highest BCUT2D eigenvalue weighted by atomic mass is 32.2. The summed E-state index contributed by atoms with van der Waals surface area (Å²) < 4.78 is 21.5. The Labute approximate surface area is 119 Å². The number of hydrogen-bond acceptors (Lipinski definition) is 6. The minimum Gasteiger partial charge on any atom is -0.493 e. The second kappa shape index (κ2) is 7.09. The Balaban J connectivity index is 3.09. The lowest BCUT2D eigenvalue weighted by atomic mass is 10.2. The van der Waals surface area contributed by atoms with Crippen LogP contribution in [0.25, 0.3) is 0 Å². The van der Waals surface area contributed by atoms with Gasteiger partial charge in [0.25, 0.3) is 5.69 Å². The summed E-state index contributed by atoms with van der Waals surface area (Å²) >= 11 is 0. The molecule has 1 aromatic rings. The molecule has 0 saturated carbocycles. The fraction of sp³-hybridized carbons (Fsp3) is 0.500. The Hall–Kier alpha value is -1.83. The zero-order chi connectivity index (χ0) is 15.3. The van der Waals surface area contributed by atoms with Crippen LogP contribution in [0, 0.1) is 10.1 Å². The van der Waals surface area contributed by atoms with Crippen LogP contribution < -0.4 is 14.8 Å². The number of anilines is 1. The van der Waals surface area contributed by atoms with E-state index in [2.05, 4.69) is 5.32 Å². The van der Waals surface area contributed by atoms with Gasteiger partial charge in [-0.3, -0.25) is 14.3 Å². The molecule has 0 aliphatic rings. The first-order valence-electron chi connectivity index (χ1n) is 5.87. The van der Waals surface area contributed by atoms with Crippen molar-refractivity contribution in [1.29, 1.82) is 0 Å².